The van der Waals surface area contributed by atoms with Crippen molar-refractivity contribution >= 4 is 27.5 Å². The number of thiazole rings is 1. The van der Waals surface area contributed by atoms with Gasteiger partial charge in [-0.3, -0.25) is 0 Å². The molecule has 0 atom stereocenters. The molecular formula is C16H11N5O2S. The second-order valence-corrected chi connectivity index (χ2v) is 6.07. The van der Waals surface area contributed by atoms with Crippen molar-refractivity contribution in [3.63, 3.8) is 0 Å². The zero-order chi connectivity index (χ0) is 16.4. The van der Waals surface area contributed by atoms with Crippen LogP contribution in [0.5, 0.6) is 0 Å². The Morgan fingerprint density at radius 3 is 2.71 bits per heavy atom. The SMILES string of the molecule is O=C(OCc1nc2ccccc2s1)c1ccc(-n2cnnn2)cc1. The topological polar surface area (TPSA) is 82.8 Å². The number of fused-ring (bicyclic) bond motifs is 1. The van der Waals surface area contributed by atoms with Crippen LogP contribution >= 0.6 is 11.3 Å². The summed E-state index contributed by atoms with van der Waals surface area (Å²) < 4.78 is 7.92. The van der Waals surface area contributed by atoms with Crippen molar-refractivity contribution in [2.45, 2.75) is 6.61 Å². The van der Waals surface area contributed by atoms with E-state index in [1.165, 1.54) is 22.3 Å². The molecule has 24 heavy (non-hydrogen) atoms. The molecule has 0 fully saturated rings. The molecular weight excluding hydrogens is 326 g/mol. The van der Waals surface area contributed by atoms with Gasteiger partial charge in [-0.15, -0.1) is 16.4 Å². The molecule has 8 heteroatoms. The Labute approximate surface area is 140 Å². The molecule has 0 saturated heterocycles. The van der Waals surface area contributed by atoms with Gasteiger partial charge in [0.1, 0.15) is 17.9 Å². The van der Waals surface area contributed by atoms with Gasteiger partial charge in [0.05, 0.1) is 21.5 Å². The Morgan fingerprint density at radius 1 is 1.12 bits per heavy atom. The van der Waals surface area contributed by atoms with Crippen LogP contribution < -0.4 is 0 Å². The zero-order valence-corrected chi connectivity index (χ0v) is 13.2. The Balaban J connectivity index is 1.44. The molecule has 4 aromatic rings. The molecule has 0 saturated carbocycles. The number of hydrogen-bond donors (Lipinski definition) is 0. The van der Waals surface area contributed by atoms with E-state index in [0.717, 1.165) is 20.9 Å². The van der Waals surface area contributed by atoms with E-state index in [9.17, 15) is 4.79 Å². The number of rotatable bonds is 4. The van der Waals surface area contributed by atoms with E-state index >= 15 is 0 Å². The quantitative estimate of drug-likeness (QED) is 0.532. The first-order chi connectivity index (χ1) is 11.8. The van der Waals surface area contributed by atoms with Crippen molar-refractivity contribution in [3.05, 3.63) is 65.4 Å². The number of ether oxygens (including phenoxy) is 1. The van der Waals surface area contributed by atoms with E-state index in [1.54, 1.807) is 24.3 Å². The summed E-state index contributed by atoms with van der Waals surface area (Å²) in [6.45, 7) is 0.160. The van der Waals surface area contributed by atoms with Crippen molar-refractivity contribution in [1.29, 1.82) is 0 Å². The van der Waals surface area contributed by atoms with Crippen molar-refractivity contribution in [2.75, 3.05) is 0 Å². The first-order valence-electron chi connectivity index (χ1n) is 7.14. The first kappa shape index (κ1) is 14.5. The van der Waals surface area contributed by atoms with E-state index in [2.05, 4.69) is 20.5 Å². The Hall–Kier alpha value is -3.13. The van der Waals surface area contributed by atoms with Crippen molar-refractivity contribution in [2.24, 2.45) is 0 Å². The van der Waals surface area contributed by atoms with E-state index in [4.69, 9.17) is 4.74 Å². The van der Waals surface area contributed by atoms with Crippen LogP contribution in [0.2, 0.25) is 0 Å². The van der Waals surface area contributed by atoms with Crippen LogP contribution in [0.25, 0.3) is 15.9 Å². The second-order valence-electron chi connectivity index (χ2n) is 4.95. The maximum atomic E-state index is 12.1. The molecule has 2 heterocycles. The van der Waals surface area contributed by atoms with Crippen LogP contribution in [0.15, 0.2) is 54.9 Å². The lowest BCUT2D eigenvalue weighted by Gasteiger charge is -2.04. The molecule has 118 valence electrons. The number of tetrazole rings is 1. The molecule has 4 rings (SSSR count). The second kappa shape index (κ2) is 6.17. The summed E-state index contributed by atoms with van der Waals surface area (Å²) in [6.07, 6.45) is 1.49. The number of aromatic nitrogens is 5. The van der Waals surface area contributed by atoms with Gasteiger partial charge in [-0.2, -0.15) is 0 Å². The third kappa shape index (κ3) is 2.86. The maximum Gasteiger partial charge on any atom is 0.338 e. The van der Waals surface area contributed by atoms with Crippen molar-refractivity contribution < 1.29 is 9.53 Å². The number of nitrogens with zero attached hydrogens (tertiary/aromatic N) is 5. The van der Waals surface area contributed by atoms with E-state index in [0.29, 0.717) is 5.56 Å². The van der Waals surface area contributed by atoms with Gasteiger partial charge in [-0.1, -0.05) is 12.1 Å². The number of esters is 1. The average molecular weight is 337 g/mol. The largest absolute Gasteiger partial charge is 0.455 e. The van der Waals surface area contributed by atoms with Gasteiger partial charge >= 0.3 is 5.97 Å². The fraction of sp³-hybridized carbons (Fsp3) is 0.0625. The van der Waals surface area contributed by atoms with Gasteiger partial charge in [-0.05, 0) is 46.8 Å². The molecule has 0 aliphatic carbocycles. The summed E-state index contributed by atoms with van der Waals surface area (Å²) >= 11 is 1.52. The molecule has 0 amide bonds. The van der Waals surface area contributed by atoms with Crippen molar-refractivity contribution in [3.8, 4) is 5.69 Å². The normalized spacial score (nSPS) is 10.8. The molecule has 2 aromatic heterocycles. The van der Waals surface area contributed by atoms with Crippen LogP contribution in [0.1, 0.15) is 15.4 Å². The first-order valence-corrected chi connectivity index (χ1v) is 7.96. The van der Waals surface area contributed by atoms with Gasteiger partial charge < -0.3 is 4.74 Å². The molecule has 7 nitrogen and oxygen atoms in total. The minimum atomic E-state index is -0.391. The molecule has 0 aliphatic heterocycles. The van der Waals surface area contributed by atoms with Crippen LogP contribution in [0.4, 0.5) is 0 Å². The lowest BCUT2D eigenvalue weighted by atomic mass is 10.2. The van der Waals surface area contributed by atoms with Gasteiger partial charge in [0.2, 0.25) is 0 Å². The van der Waals surface area contributed by atoms with E-state index < -0.39 is 5.97 Å². The standard InChI is InChI=1S/C16H11N5O2S/c22-16(11-5-7-12(8-6-11)21-10-17-19-20-21)23-9-15-18-13-3-1-2-4-14(13)24-15/h1-8,10H,9H2. The molecule has 0 unspecified atom stereocenters. The van der Waals surface area contributed by atoms with Gasteiger partial charge in [-0.25, -0.2) is 14.5 Å². The number of carbonyl (C=O) groups excluding carboxylic acids is 1. The predicted octanol–water partition coefficient (Wildman–Crippen LogP) is 2.63. The molecule has 0 N–H and O–H groups in total. The number of para-hydroxylation sites is 1. The Kier molecular flexibility index (Phi) is 3.72. The van der Waals surface area contributed by atoms with Crippen LogP contribution in [-0.4, -0.2) is 31.2 Å². The number of hydrogen-bond acceptors (Lipinski definition) is 7. The lowest BCUT2D eigenvalue weighted by molar-refractivity contribution is 0.0472. The summed E-state index contributed by atoms with van der Waals surface area (Å²) in [5.41, 5.74) is 2.15. The lowest BCUT2D eigenvalue weighted by Crippen LogP contribution is -2.05. The molecule has 0 radical (unpaired) electrons. The molecule has 0 aliphatic rings. The highest BCUT2D eigenvalue weighted by atomic mass is 32.1. The third-order valence-corrected chi connectivity index (χ3v) is 4.39. The fourth-order valence-corrected chi connectivity index (χ4v) is 3.10. The average Bonchev–Trinajstić information content (AvgIpc) is 3.29. The van der Waals surface area contributed by atoms with Crippen molar-refractivity contribution in [1.82, 2.24) is 25.2 Å². The summed E-state index contributed by atoms with van der Waals surface area (Å²) in [6, 6.07) is 14.7. The van der Waals surface area contributed by atoms with E-state index in [-0.39, 0.29) is 6.61 Å². The van der Waals surface area contributed by atoms with Crippen LogP contribution in [-0.2, 0) is 11.3 Å². The van der Waals surface area contributed by atoms with Gasteiger partial charge in [0.25, 0.3) is 0 Å². The highest BCUT2D eigenvalue weighted by Crippen LogP contribution is 2.22. The monoisotopic (exact) mass is 337 g/mol. The minimum Gasteiger partial charge on any atom is -0.455 e. The fourth-order valence-electron chi connectivity index (χ4n) is 2.22. The number of carbonyl (C=O) groups is 1. The van der Waals surface area contributed by atoms with E-state index in [1.807, 2.05) is 24.3 Å². The maximum absolute atomic E-state index is 12.1. The predicted molar refractivity (Wildman–Crippen MR) is 87.9 cm³/mol. The molecule has 0 bridgehead atoms. The van der Waals surface area contributed by atoms with Gasteiger partial charge in [0.15, 0.2) is 0 Å². The summed E-state index contributed by atoms with van der Waals surface area (Å²) in [7, 11) is 0. The number of benzene rings is 2. The van der Waals surface area contributed by atoms with Crippen LogP contribution in [0.3, 0.4) is 0 Å². The Bertz CT molecular complexity index is 946. The highest BCUT2D eigenvalue weighted by molar-refractivity contribution is 7.18. The summed E-state index contributed by atoms with van der Waals surface area (Å²) in [4.78, 5) is 16.6. The Morgan fingerprint density at radius 2 is 1.96 bits per heavy atom. The van der Waals surface area contributed by atoms with Gasteiger partial charge in [0, 0.05) is 0 Å². The summed E-state index contributed by atoms with van der Waals surface area (Å²) in [5, 5.41) is 11.7. The molecule has 0 spiro atoms. The molecule has 2 aromatic carbocycles. The van der Waals surface area contributed by atoms with Crippen LogP contribution in [0, 0.1) is 0 Å². The highest BCUT2D eigenvalue weighted by Gasteiger charge is 2.10. The summed E-state index contributed by atoms with van der Waals surface area (Å²) in [5.74, 6) is -0.391. The minimum absolute atomic E-state index is 0.160. The smallest absolute Gasteiger partial charge is 0.338 e. The third-order valence-electron chi connectivity index (χ3n) is 3.38. The zero-order valence-electron chi connectivity index (χ0n) is 12.4.